The van der Waals surface area contributed by atoms with Crippen LogP contribution < -0.4 is 10.2 Å². The van der Waals surface area contributed by atoms with Crippen LogP contribution in [0.25, 0.3) is 11.0 Å². The number of nitrogens with one attached hydrogen (secondary N) is 2. The first-order valence-corrected chi connectivity index (χ1v) is 14.6. The monoisotopic (exact) mass is 519 g/mol. The molecule has 2 saturated heterocycles. The lowest BCUT2D eigenvalue weighted by atomic mass is 9.94. The molecular weight excluding hydrogens is 472 g/mol. The van der Waals surface area contributed by atoms with Gasteiger partial charge in [0.15, 0.2) is 0 Å². The zero-order chi connectivity index (χ0) is 27.0. The normalized spacial score (nSPS) is 19.8. The number of carboxylic acids is 1. The Balaban J connectivity index is 0.000000195. The summed E-state index contributed by atoms with van der Waals surface area (Å²) in [5.41, 5.74) is 4.26. The van der Waals surface area contributed by atoms with Gasteiger partial charge < -0.3 is 15.3 Å². The molecule has 1 atom stereocenters. The molecule has 0 spiro atoms. The van der Waals surface area contributed by atoms with Crippen molar-refractivity contribution in [1.82, 2.24) is 15.3 Å². The van der Waals surface area contributed by atoms with Crippen LogP contribution in [0.3, 0.4) is 0 Å². The molecule has 2 aromatic carbocycles. The number of nitrogens with zero attached hydrogens (tertiary/aromatic N) is 2. The van der Waals surface area contributed by atoms with Gasteiger partial charge in [-0.2, -0.15) is 0 Å². The highest BCUT2D eigenvalue weighted by atomic mass is 16.4. The van der Waals surface area contributed by atoms with Gasteiger partial charge >= 0.3 is 5.97 Å². The van der Waals surface area contributed by atoms with Crippen LogP contribution in [0, 0.1) is 5.92 Å². The first kappa shape index (κ1) is 29.7. The van der Waals surface area contributed by atoms with Crippen LogP contribution >= 0.6 is 0 Å². The van der Waals surface area contributed by atoms with E-state index in [2.05, 4.69) is 40.4 Å². The third-order valence-corrected chi connectivity index (χ3v) is 7.80. The summed E-state index contributed by atoms with van der Waals surface area (Å²) in [6, 6.07) is 15.7. The van der Waals surface area contributed by atoms with E-state index in [0.29, 0.717) is 0 Å². The molecule has 206 valence electrons. The van der Waals surface area contributed by atoms with E-state index >= 15 is 0 Å². The molecular formula is C32H47N4O2+. The molecule has 0 aliphatic carbocycles. The summed E-state index contributed by atoms with van der Waals surface area (Å²) in [5.74, 6) is -0.194. The number of hydrogen-bond donors (Lipinski definition) is 3. The van der Waals surface area contributed by atoms with Crippen LogP contribution in [0.1, 0.15) is 75.8 Å². The second-order valence-electron chi connectivity index (χ2n) is 10.6. The fraction of sp³-hybridized carbons (Fsp3) is 0.531. The Kier molecular flexibility index (Phi) is 13.2. The van der Waals surface area contributed by atoms with E-state index in [1.165, 1.54) is 83.2 Å². The number of carboxylic acid groups (broad SMARTS) is 1. The van der Waals surface area contributed by atoms with Crippen molar-refractivity contribution in [2.24, 2.45) is 5.92 Å². The highest BCUT2D eigenvalue weighted by Gasteiger charge is 2.20. The van der Waals surface area contributed by atoms with Crippen LogP contribution in [-0.2, 0) is 11.2 Å². The van der Waals surface area contributed by atoms with Crippen LogP contribution in [0.5, 0.6) is 0 Å². The molecule has 2 aliphatic rings. The van der Waals surface area contributed by atoms with E-state index in [1.807, 2.05) is 30.3 Å². The first-order chi connectivity index (χ1) is 18.6. The minimum Gasteiger partial charge on any atom is -0.481 e. The lowest BCUT2D eigenvalue weighted by Gasteiger charge is -2.28. The second-order valence-corrected chi connectivity index (χ2v) is 10.6. The number of fused-ring (bicyclic) bond motifs is 1. The van der Waals surface area contributed by atoms with E-state index in [-0.39, 0.29) is 0 Å². The number of aromatic nitrogens is 2. The third kappa shape index (κ3) is 10.5. The fourth-order valence-electron chi connectivity index (χ4n) is 5.14. The summed E-state index contributed by atoms with van der Waals surface area (Å²) in [6.45, 7) is 10.6. The van der Waals surface area contributed by atoms with E-state index in [9.17, 15) is 4.79 Å². The Morgan fingerprint density at radius 3 is 2.26 bits per heavy atom. The maximum atomic E-state index is 10.5. The van der Waals surface area contributed by atoms with Gasteiger partial charge in [-0.3, -0.25) is 14.8 Å². The topological polar surface area (TPSA) is 79.5 Å². The first-order valence-electron chi connectivity index (χ1n) is 14.6. The molecule has 3 heterocycles. The van der Waals surface area contributed by atoms with Crippen molar-refractivity contribution >= 4 is 17.0 Å². The third-order valence-electron chi connectivity index (χ3n) is 7.80. The van der Waals surface area contributed by atoms with Gasteiger partial charge in [0.25, 0.3) is 0 Å². The van der Waals surface area contributed by atoms with Gasteiger partial charge in [0, 0.05) is 18.8 Å². The Hall–Kier alpha value is -2.83. The number of likely N-dealkylation sites (tertiary alicyclic amines) is 1. The van der Waals surface area contributed by atoms with Crippen molar-refractivity contribution in [2.45, 2.75) is 71.1 Å². The molecule has 3 aromatic rings. The maximum absolute atomic E-state index is 10.5. The summed E-state index contributed by atoms with van der Waals surface area (Å²) in [5, 5.41) is 11.9. The molecule has 0 radical (unpaired) electrons. The molecule has 6 nitrogen and oxygen atoms in total. The average molecular weight is 520 g/mol. The number of benzene rings is 2. The quantitative estimate of drug-likeness (QED) is 0.414. The van der Waals surface area contributed by atoms with Gasteiger partial charge in [0.2, 0.25) is 0 Å². The number of carbonyl (C=O) groups is 1. The molecule has 1 unspecified atom stereocenters. The zero-order valence-corrected chi connectivity index (χ0v) is 23.4. The minimum absolute atomic E-state index is 0.406. The highest BCUT2D eigenvalue weighted by Crippen LogP contribution is 2.15. The molecule has 0 saturated carbocycles. The summed E-state index contributed by atoms with van der Waals surface area (Å²) < 4.78 is 0. The highest BCUT2D eigenvalue weighted by molar-refractivity contribution is 5.75. The van der Waals surface area contributed by atoms with Crippen molar-refractivity contribution < 1.29 is 14.8 Å². The lowest BCUT2D eigenvalue weighted by Crippen LogP contribution is -3.13. The number of piperidine rings is 2. The van der Waals surface area contributed by atoms with Gasteiger partial charge in [-0.05, 0) is 81.3 Å². The van der Waals surface area contributed by atoms with Crippen LogP contribution in [-0.4, -0.2) is 53.8 Å². The number of quaternary nitrogens is 1. The Bertz CT molecular complexity index is 1050. The van der Waals surface area contributed by atoms with Crippen molar-refractivity contribution in [2.75, 3.05) is 32.7 Å². The SMILES string of the molecule is C1CCNCC1.CC(C(=O)O)c1ccccc1.CCC1CC[NH+](CCCc2ccc3nccnc3c2)CC1. The van der Waals surface area contributed by atoms with E-state index in [0.717, 1.165) is 28.9 Å². The van der Waals surface area contributed by atoms with Gasteiger partial charge in [0.05, 0.1) is 36.6 Å². The second kappa shape index (κ2) is 16.9. The van der Waals surface area contributed by atoms with Crippen LogP contribution in [0.15, 0.2) is 60.9 Å². The number of rotatable bonds is 7. The predicted octanol–water partition coefficient (Wildman–Crippen LogP) is 4.90. The smallest absolute Gasteiger partial charge is 0.310 e. The summed E-state index contributed by atoms with van der Waals surface area (Å²) in [4.78, 5) is 21.0. The molecule has 0 bridgehead atoms. The minimum atomic E-state index is -0.781. The Morgan fingerprint density at radius 1 is 1.00 bits per heavy atom. The fourth-order valence-corrected chi connectivity index (χ4v) is 5.14. The number of hydrogen-bond acceptors (Lipinski definition) is 4. The van der Waals surface area contributed by atoms with Crippen LogP contribution in [0.4, 0.5) is 0 Å². The number of aryl methyl sites for hydroxylation is 1. The zero-order valence-electron chi connectivity index (χ0n) is 23.4. The largest absolute Gasteiger partial charge is 0.481 e. The van der Waals surface area contributed by atoms with Crippen molar-refractivity contribution in [1.29, 1.82) is 0 Å². The van der Waals surface area contributed by atoms with Gasteiger partial charge in [-0.25, -0.2) is 0 Å². The van der Waals surface area contributed by atoms with Gasteiger partial charge in [0.1, 0.15) is 0 Å². The molecule has 5 rings (SSSR count). The Morgan fingerprint density at radius 2 is 1.68 bits per heavy atom. The molecule has 38 heavy (non-hydrogen) atoms. The van der Waals surface area contributed by atoms with Crippen molar-refractivity contribution in [3.63, 3.8) is 0 Å². The predicted molar refractivity (Wildman–Crippen MR) is 156 cm³/mol. The lowest BCUT2D eigenvalue weighted by molar-refractivity contribution is -0.906. The van der Waals surface area contributed by atoms with Gasteiger partial charge in [-0.1, -0.05) is 56.2 Å². The van der Waals surface area contributed by atoms with E-state index < -0.39 is 11.9 Å². The molecule has 6 heteroatoms. The van der Waals surface area contributed by atoms with E-state index in [1.54, 1.807) is 24.2 Å². The standard InChI is InChI=1S/C18H25N3.C9H10O2.C5H11N/c1-2-15-7-12-21(13-8-15)11-3-4-16-5-6-17-18(14-16)20-10-9-19-17;1-7(9(10)11)8-5-3-2-4-6-8;1-2-4-6-5-3-1/h5-6,9-10,14-15H,2-4,7-8,11-13H2,1H3;2-7H,1H3,(H,10,11);6H,1-5H2/p+1. The van der Waals surface area contributed by atoms with Crippen molar-refractivity contribution in [3.8, 4) is 0 Å². The van der Waals surface area contributed by atoms with Crippen molar-refractivity contribution in [3.05, 3.63) is 72.1 Å². The van der Waals surface area contributed by atoms with Crippen LogP contribution in [0.2, 0.25) is 0 Å². The molecule has 2 fully saturated rings. The molecule has 3 N–H and O–H groups in total. The summed E-state index contributed by atoms with van der Waals surface area (Å²) >= 11 is 0. The average Bonchev–Trinajstić information content (AvgIpc) is 2.99. The number of aliphatic carboxylic acids is 1. The summed E-state index contributed by atoms with van der Waals surface area (Å²) in [6.07, 6.45) is 14.4. The Labute approximate surface area is 228 Å². The molecule has 1 aromatic heterocycles. The van der Waals surface area contributed by atoms with Gasteiger partial charge in [-0.15, -0.1) is 0 Å². The maximum Gasteiger partial charge on any atom is 0.310 e. The molecule has 0 amide bonds. The van der Waals surface area contributed by atoms with E-state index in [4.69, 9.17) is 5.11 Å². The molecule has 2 aliphatic heterocycles. The summed E-state index contributed by atoms with van der Waals surface area (Å²) in [7, 11) is 0.